The molecule has 0 bridgehead atoms. The summed E-state index contributed by atoms with van der Waals surface area (Å²) in [6.07, 6.45) is 5.28. The second-order valence-electron chi connectivity index (χ2n) is 12.4. The summed E-state index contributed by atoms with van der Waals surface area (Å²) in [5, 5.41) is 28.1. The summed E-state index contributed by atoms with van der Waals surface area (Å²) in [6, 6.07) is 17.6. The maximum atomic E-state index is 12.7. The van der Waals surface area contributed by atoms with E-state index in [2.05, 4.69) is 32.3 Å². The van der Waals surface area contributed by atoms with Crippen LogP contribution < -0.4 is 20.7 Å². The molecule has 13 nitrogen and oxygen atoms in total. The van der Waals surface area contributed by atoms with Crippen molar-refractivity contribution in [3.63, 3.8) is 0 Å². The van der Waals surface area contributed by atoms with Gasteiger partial charge >= 0.3 is 11.9 Å². The molecular formula is C38H38Cl3N9O4S2. The molecule has 2 aromatic carbocycles. The molecule has 1 saturated heterocycles. The molecule has 3 aromatic heterocycles. The molecule has 56 heavy (non-hydrogen) atoms. The molecule has 0 unspecified atom stereocenters. The van der Waals surface area contributed by atoms with Gasteiger partial charge in [0.2, 0.25) is 0 Å². The van der Waals surface area contributed by atoms with Crippen LogP contribution in [0.4, 0.5) is 5.82 Å². The average molecular weight is 855 g/mol. The number of H-pyrrole nitrogens is 1. The number of rotatable bonds is 15. The molecule has 0 saturated carbocycles. The Hall–Kier alpha value is -4.71. The van der Waals surface area contributed by atoms with Crippen molar-refractivity contribution in [2.24, 2.45) is 5.73 Å². The number of halogens is 3. The monoisotopic (exact) mass is 853 g/mol. The summed E-state index contributed by atoms with van der Waals surface area (Å²) in [4.78, 5) is 43.4. The van der Waals surface area contributed by atoms with Gasteiger partial charge in [-0.3, -0.25) is 0 Å². The van der Waals surface area contributed by atoms with Crippen LogP contribution in [0.5, 0.6) is 5.75 Å². The van der Waals surface area contributed by atoms with E-state index in [-0.39, 0.29) is 44.4 Å². The zero-order valence-corrected chi connectivity index (χ0v) is 34.1. The third kappa shape index (κ3) is 11.0. The number of esters is 2. The lowest BCUT2D eigenvalue weighted by atomic mass is 9.96. The first-order valence-electron chi connectivity index (χ1n) is 17.1. The fourth-order valence-electron chi connectivity index (χ4n) is 5.79. The molecule has 18 heteroatoms. The summed E-state index contributed by atoms with van der Waals surface area (Å²) in [5.41, 5.74) is 9.95. The fraction of sp³-hybridized carbons (Fsp3) is 0.289. The van der Waals surface area contributed by atoms with Gasteiger partial charge in [-0.25, -0.2) is 24.5 Å². The van der Waals surface area contributed by atoms with E-state index in [9.17, 15) is 20.1 Å². The Morgan fingerprint density at radius 3 is 2.38 bits per heavy atom. The van der Waals surface area contributed by atoms with Crippen molar-refractivity contribution in [3.05, 3.63) is 94.0 Å². The molecule has 292 valence electrons. The molecule has 1 aliphatic heterocycles. The summed E-state index contributed by atoms with van der Waals surface area (Å²) in [5.74, 6) is 0.0305. The number of ether oxygens (including phenoxy) is 2. The van der Waals surface area contributed by atoms with Crippen molar-refractivity contribution < 1.29 is 19.1 Å². The lowest BCUT2D eigenvalue weighted by Crippen LogP contribution is -2.44. The van der Waals surface area contributed by atoms with E-state index < -0.39 is 24.0 Å². The van der Waals surface area contributed by atoms with Gasteiger partial charge < -0.3 is 30.4 Å². The number of nitrogens with one attached hydrogen (secondary N) is 2. The second-order valence-corrected chi connectivity index (χ2v) is 14.7. The minimum absolute atomic E-state index is 0. The number of benzene rings is 2. The van der Waals surface area contributed by atoms with Crippen molar-refractivity contribution in [1.82, 2.24) is 25.3 Å². The average Bonchev–Trinajstić information content (AvgIpc) is 3.99. The van der Waals surface area contributed by atoms with Crippen LogP contribution in [-0.2, 0) is 26.5 Å². The molecule has 2 atom stereocenters. The van der Waals surface area contributed by atoms with E-state index in [0.29, 0.717) is 55.3 Å². The van der Waals surface area contributed by atoms with Crippen LogP contribution >= 0.6 is 59.5 Å². The minimum Gasteiger partial charge on any atom is -0.492 e. The van der Waals surface area contributed by atoms with Crippen molar-refractivity contribution in [2.45, 2.75) is 49.0 Å². The first-order valence-corrected chi connectivity index (χ1v) is 19.4. The fourth-order valence-corrected chi connectivity index (χ4v) is 7.72. The Balaban J connectivity index is 0.00000348. The smallest absolute Gasteiger partial charge is 0.331 e. The Morgan fingerprint density at radius 1 is 1.04 bits per heavy atom. The molecule has 4 heterocycles. The quantitative estimate of drug-likeness (QED) is 0.0435. The number of pyridine rings is 1. The lowest BCUT2D eigenvalue weighted by Gasteiger charge is -2.22. The van der Waals surface area contributed by atoms with Gasteiger partial charge in [0, 0.05) is 65.2 Å². The van der Waals surface area contributed by atoms with Gasteiger partial charge in [0.25, 0.3) is 0 Å². The maximum Gasteiger partial charge on any atom is 0.331 e. The highest BCUT2D eigenvalue weighted by molar-refractivity contribution is 7.98. The van der Waals surface area contributed by atoms with Crippen molar-refractivity contribution >= 4 is 77.3 Å². The van der Waals surface area contributed by atoms with E-state index >= 15 is 0 Å². The Labute approximate surface area is 349 Å². The van der Waals surface area contributed by atoms with Gasteiger partial charge in [-0.05, 0) is 49.6 Å². The van der Waals surface area contributed by atoms with Gasteiger partial charge in [-0.2, -0.15) is 10.5 Å². The first-order chi connectivity index (χ1) is 26.2. The number of aromatic nitrogens is 4. The predicted molar refractivity (Wildman–Crippen MR) is 221 cm³/mol. The van der Waals surface area contributed by atoms with Crippen LogP contribution in [0.25, 0.3) is 21.7 Å². The zero-order chi connectivity index (χ0) is 38.0. The van der Waals surface area contributed by atoms with E-state index in [0.717, 1.165) is 42.2 Å². The Kier molecular flexibility index (Phi) is 16.5. The third-order valence-corrected chi connectivity index (χ3v) is 10.7. The number of aromatic amines is 1. The van der Waals surface area contributed by atoms with E-state index in [1.54, 1.807) is 18.3 Å². The number of nitriles is 2. The highest BCUT2D eigenvalue weighted by Crippen LogP contribution is 2.40. The number of nitrogens with zero attached hydrogens (tertiary/aromatic N) is 6. The molecule has 5 aromatic rings. The predicted octanol–water partition coefficient (Wildman–Crippen LogP) is 6.72. The largest absolute Gasteiger partial charge is 0.492 e. The highest BCUT2D eigenvalue weighted by atomic mass is 35.5. The van der Waals surface area contributed by atoms with Gasteiger partial charge in [-0.1, -0.05) is 47.6 Å². The number of carbonyl (C=O) groups excluding carboxylic acids is 2. The number of thiazole rings is 1. The second kappa shape index (κ2) is 21.0. The summed E-state index contributed by atoms with van der Waals surface area (Å²) in [6.45, 7) is 3.43. The van der Waals surface area contributed by atoms with E-state index in [1.807, 2.05) is 41.8 Å². The Morgan fingerprint density at radius 2 is 1.73 bits per heavy atom. The first kappa shape index (κ1) is 44.0. The molecule has 6 rings (SSSR count). The summed E-state index contributed by atoms with van der Waals surface area (Å²) in [7, 11) is 0. The number of imidazole rings is 1. The standard InChI is InChI=1S/C38H36ClN9O4S2.2ClH/c1-23(42)37(49)52-38(50)32(16-27-19-43-22-45-27)44-12-15-51-29-10-6-24(7-11-29)33-30(17-40)34(48-13-2-3-14-48)47-36(31(33)18-41)54-21-28-20-53-35(46-28)25-4-8-26(39)9-5-25;;/h4-11,19-20,22-23,32,44H,2-3,12-16,21,42H2,1H3,(H,43,45);2*1H/t23-,32-;;/m0../s1. The summed E-state index contributed by atoms with van der Waals surface area (Å²) < 4.78 is 10.9. The van der Waals surface area contributed by atoms with Crippen LogP contribution in [0.15, 0.2) is 71.5 Å². The third-order valence-electron chi connectivity index (χ3n) is 8.51. The normalized spacial score (nSPS) is 13.1. The molecule has 4 N–H and O–H groups in total. The van der Waals surface area contributed by atoms with Gasteiger partial charge in [-0.15, -0.1) is 36.2 Å². The van der Waals surface area contributed by atoms with Gasteiger partial charge in [0.15, 0.2) is 0 Å². The van der Waals surface area contributed by atoms with Gasteiger partial charge in [0.1, 0.15) is 58.0 Å². The molecule has 1 aliphatic rings. The minimum atomic E-state index is -0.941. The SMILES string of the molecule is C[C@H](N)C(=O)OC(=O)[C@H](Cc1cnc[nH]1)NCCOc1ccc(-c2c(C#N)c(SCc3csc(-c4ccc(Cl)cc4)n3)nc(N3CCCC3)c2C#N)cc1.Cl.Cl. The van der Waals surface area contributed by atoms with E-state index in [4.69, 9.17) is 36.8 Å². The molecule has 0 radical (unpaired) electrons. The molecular weight excluding hydrogens is 817 g/mol. The number of hydrogen-bond donors (Lipinski definition) is 3. The molecule has 0 spiro atoms. The van der Waals surface area contributed by atoms with Crippen LogP contribution in [0.2, 0.25) is 5.02 Å². The van der Waals surface area contributed by atoms with Crippen LogP contribution in [0, 0.1) is 22.7 Å². The maximum absolute atomic E-state index is 12.7. The number of thioether (sulfide) groups is 1. The number of anilines is 1. The van der Waals surface area contributed by atoms with Crippen molar-refractivity contribution in [1.29, 1.82) is 10.5 Å². The molecule has 0 amide bonds. The topological polar surface area (TPSA) is 196 Å². The number of nitrogens with two attached hydrogens (primary N) is 1. The highest BCUT2D eigenvalue weighted by Gasteiger charge is 2.27. The van der Waals surface area contributed by atoms with Gasteiger partial charge in [0.05, 0.1) is 17.6 Å². The number of carbonyl (C=O) groups is 2. The molecule has 1 fully saturated rings. The molecule has 0 aliphatic carbocycles. The van der Waals surface area contributed by atoms with Crippen molar-refractivity contribution in [2.75, 3.05) is 31.1 Å². The zero-order valence-electron chi connectivity index (χ0n) is 30.1. The summed E-state index contributed by atoms with van der Waals surface area (Å²) >= 11 is 9.02. The van der Waals surface area contributed by atoms with E-state index in [1.165, 1.54) is 36.3 Å². The van der Waals surface area contributed by atoms with Crippen LogP contribution in [0.1, 0.15) is 42.3 Å². The number of hydrogen-bond acceptors (Lipinski definition) is 14. The van der Waals surface area contributed by atoms with Crippen molar-refractivity contribution in [3.8, 4) is 39.6 Å². The lowest BCUT2D eigenvalue weighted by molar-refractivity contribution is -0.161. The van der Waals surface area contributed by atoms with Crippen LogP contribution in [0.3, 0.4) is 0 Å². The van der Waals surface area contributed by atoms with Crippen LogP contribution in [-0.4, -0.2) is 70.2 Å². The Bertz CT molecular complexity index is 2170.